The summed E-state index contributed by atoms with van der Waals surface area (Å²) in [5.41, 5.74) is -1.16. The Kier molecular flexibility index (Phi) is 3.31. The van der Waals surface area contributed by atoms with Crippen LogP contribution in [-0.4, -0.2) is 48.7 Å². The van der Waals surface area contributed by atoms with Crippen LogP contribution >= 0.6 is 0 Å². The van der Waals surface area contributed by atoms with Gasteiger partial charge in [-0.2, -0.15) is 0 Å². The van der Waals surface area contributed by atoms with E-state index in [1.165, 1.54) is 0 Å². The number of hydrogen-bond donors (Lipinski definition) is 1. The summed E-state index contributed by atoms with van der Waals surface area (Å²) >= 11 is 0. The molecule has 1 aliphatic carbocycles. The average molecular weight is 314 g/mol. The lowest BCUT2D eigenvalue weighted by atomic mass is 9.81. The Balaban J connectivity index is 1.92. The van der Waals surface area contributed by atoms with Crippen molar-refractivity contribution in [1.82, 2.24) is 10.2 Å². The smallest absolute Gasteiger partial charge is 0.277 e. The van der Waals surface area contributed by atoms with E-state index in [9.17, 15) is 22.8 Å². The second-order valence-electron chi connectivity index (χ2n) is 6.13. The molecular weight excluding hydrogens is 296 g/mol. The molecule has 116 valence electrons. The molecule has 3 fully saturated rings. The fourth-order valence-corrected chi connectivity index (χ4v) is 5.33. The summed E-state index contributed by atoms with van der Waals surface area (Å²) in [6, 6.07) is -1.42. The van der Waals surface area contributed by atoms with Crippen LogP contribution in [0.3, 0.4) is 0 Å². The molecule has 1 unspecified atom stereocenters. The third-order valence-corrected chi connectivity index (χ3v) is 6.57. The third-order valence-electron chi connectivity index (χ3n) is 4.76. The van der Waals surface area contributed by atoms with Crippen LogP contribution in [0.15, 0.2) is 0 Å². The number of nitrogens with one attached hydrogen (secondary N) is 1. The lowest BCUT2D eigenvalue weighted by molar-refractivity contribution is -0.152. The highest BCUT2D eigenvalue weighted by atomic mass is 32.2. The van der Waals surface area contributed by atoms with E-state index in [-0.39, 0.29) is 11.5 Å². The maximum Gasteiger partial charge on any atom is 0.331 e. The van der Waals surface area contributed by atoms with Crippen LogP contribution in [0.2, 0.25) is 0 Å². The van der Waals surface area contributed by atoms with E-state index in [2.05, 4.69) is 5.32 Å². The Morgan fingerprint density at radius 2 is 1.76 bits per heavy atom. The first-order chi connectivity index (χ1) is 9.86. The Morgan fingerprint density at radius 3 is 2.38 bits per heavy atom. The van der Waals surface area contributed by atoms with Crippen LogP contribution in [0.1, 0.15) is 38.5 Å². The summed E-state index contributed by atoms with van der Waals surface area (Å²) in [4.78, 5) is 37.9. The molecule has 3 aliphatic rings. The van der Waals surface area contributed by atoms with E-state index in [0.29, 0.717) is 25.7 Å². The highest BCUT2D eigenvalue weighted by molar-refractivity contribution is 7.91. The number of carbonyl (C=O) groups excluding carboxylic acids is 3. The molecule has 2 aliphatic heterocycles. The van der Waals surface area contributed by atoms with Gasteiger partial charge in [-0.15, -0.1) is 0 Å². The zero-order chi connectivity index (χ0) is 15.3. The molecule has 3 rings (SSSR count). The minimum atomic E-state index is -3.24. The summed E-state index contributed by atoms with van der Waals surface area (Å²) in [6.07, 6.45) is 3.31. The summed E-state index contributed by atoms with van der Waals surface area (Å²) in [6.45, 7) is 0. The van der Waals surface area contributed by atoms with E-state index in [4.69, 9.17) is 0 Å². The first kappa shape index (κ1) is 14.5. The average Bonchev–Trinajstić information content (AvgIpc) is 2.86. The van der Waals surface area contributed by atoms with Gasteiger partial charge >= 0.3 is 6.03 Å². The summed E-state index contributed by atoms with van der Waals surface area (Å²) in [5, 5.41) is 2.25. The first-order valence-electron chi connectivity index (χ1n) is 7.25. The van der Waals surface area contributed by atoms with Crippen LogP contribution in [0.4, 0.5) is 4.79 Å². The summed E-state index contributed by atoms with van der Waals surface area (Å²) < 4.78 is 23.5. The second kappa shape index (κ2) is 4.79. The van der Waals surface area contributed by atoms with Crippen LogP contribution in [0.25, 0.3) is 0 Å². The predicted octanol–water partition coefficient (Wildman–Crippen LogP) is 0.202. The molecule has 0 radical (unpaired) electrons. The minimum absolute atomic E-state index is 0.0945. The van der Waals surface area contributed by atoms with Crippen LogP contribution in [0.5, 0.6) is 0 Å². The number of nitrogens with zero attached hydrogens (tertiary/aromatic N) is 1. The largest absolute Gasteiger partial charge is 0.331 e. The number of rotatable bonds is 1. The Labute approximate surface area is 123 Å². The van der Waals surface area contributed by atoms with Crippen LogP contribution in [0, 0.1) is 5.41 Å². The molecule has 0 aromatic rings. The predicted molar refractivity (Wildman–Crippen MR) is 73.0 cm³/mol. The molecular formula is C13H18N2O5S. The number of hydrogen-bond acceptors (Lipinski definition) is 5. The van der Waals surface area contributed by atoms with Crippen molar-refractivity contribution in [3.8, 4) is 0 Å². The molecule has 7 nitrogen and oxygen atoms in total. The number of sulfone groups is 1. The van der Waals surface area contributed by atoms with Crippen molar-refractivity contribution in [1.29, 1.82) is 0 Å². The van der Waals surface area contributed by atoms with E-state index in [1.807, 2.05) is 0 Å². The molecule has 0 bridgehead atoms. The second-order valence-corrected chi connectivity index (χ2v) is 8.36. The Hall–Kier alpha value is -1.44. The number of imide groups is 2. The highest BCUT2D eigenvalue weighted by Gasteiger charge is 2.56. The molecule has 1 spiro atoms. The molecule has 2 saturated heterocycles. The molecule has 0 aromatic heterocycles. The quantitative estimate of drug-likeness (QED) is 0.697. The normalized spacial score (nSPS) is 31.5. The van der Waals surface area contributed by atoms with E-state index < -0.39 is 39.1 Å². The van der Waals surface area contributed by atoms with Crippen LogP contribution < -0.4 is 5.32 Å². The Morgan fingerprint density at radius 1 is 1.10 bits per heavy atom. The van der Waals surface area contributed by atoms with Crippen molar-refractivity contribution in [2.75, 3.05) is 11.5 Å². The van der Waals surface area contributed by atoms with Gasteiger partial charge in [0.25, 0.3) is 0 Å². The minimum Gasteiger partial charge on any atom is -0.277 e. The van der Waals surface area contributed by atoms with Gasteiger partial charge < -0.3 is 0 Å². The molecule has 21 heavy (non-hydrogen) atoms. The van der Waals surface area contributed by atoms with Gasteiger partial charge in [-0.05, 0) is 25.7 Å². The lowest BCUT2D eigenvalue weighted by Crippen LogP contribution is -2.66. The van der Waals surface area contributed by atoms with Gasteiger partial charge in [0.15, 0.2) is 9.84 Å². The number of carbonyl (C=O) groups is 3. The van der Waals surface area contributed by atoms with Crippen molar-refractivity contribution in [3.63, 3.8) is 0 Å². The molecule has 2 heterocycles. The van der Waals surface area contributed by atoms with E-state index in [1.54, 1.807) is 0 Å². The number of barbiturate groups is 1. The molecule has 0 aromatic carbocycles. The Bertz CT molecular complexity index is 606. The van der Waals surface area contributed by atoms with E-state index >= 15 is 0 Å². The topological polar surface area (TPSA) is 101 Å². The van der Waals surface area contributed by atoms with Gasteiger partial charge in [0, 0.05) is 0 Å². The van der Waals surface area contributed by atoms with Gasteiger partial charge in [0.05, 0.1) is 17.5 Å². The SMILES string of the molecule is O=C1NC(=O)C2(CCCC2)C(=O)N1C1CCCS(=O)(=O)C1. The lowest BCUT2D eigenvalue weighted by Gasteiger charge is -2.41. The van der Waals surface area contributed by atoms with E-state index in [0.717, 1.165) is 17.7 Å². The van der Waals surface area contributed by atoms with Crippen molar-refractivity contribution in [2.45, 2.75) is 44.6 Å². The van der Waals surface area contributed by atoms with Gasteiger partial charge in [-0.3, -0.25) is 19.8 Å². The molecule has 1 saturated carbocycles. The molecule has 8 heteroatoms. The van der Waals surface area contributed by atoms with Crippen molar-refractivity contribution in [3.05, 3.63) is 0 Å². The van der Waals surface area contributed by atoms with Gasteiger partial charge in [0.1, 0.15) is 5.41 Å². The summed E-state index contributed by atoms with van der Waals surface area (Å²) in [5.74, 6) is -1.13. The fourth-order valence-electron chi connectivity index (χ4n) is 3.65. The zero-order valence-electron chi connectivity index (χ0n) is 11.6. The molecule has 4 amide bonds. The van der Waals surface area contributed by atoms with Crippen molar-refractivity contribution < 1.29 is 22.8 Å². The van der Waals surface area contributed by atoms with Crippen molar-refractivity contribution in [2.24, 2.45) is 5.41 Å². The van der Waals surface area contributed by atoms with Gasteiger partial charge in [-0.1, -0.05) is 12.8 Å². The first-order valence-corrected chi connectivity index (χ1v) is 9.07. The third kappa shape index (κ3) is 2.25. The van der Waals surface area contributed by atoms with Crippen molar-refractivity contribution >= 4 is 27.7 Å². The highest BCUT2D eigenvalue weighted by Crippen LogP contribution is 2.42. The number of amides is 4. The van der Waals surface area contributed by atoms with Crippen LogP contribution in [-0.2, 0) is 19.4 Å². The van der Waals surface area contributed by atoms with Gasteiger partial charge in [0.2, 0.25) is 11.8 Å². The van der Waals surface area contributed by atoms with Gasteiger partial charge in [-0.25, -0.2) is 13.2 Å². The monoisotopic (exact) mass is 314 g/mol. The molecule has 1 N–H and O–H groups in total. The zero-order valence-corrected chi connectivity index (χ0v) is 12.4. The number of urea groups is 1. The maximum atomic E-state index is 12.7. The standard InChI is InChI=1S/C13H18N2O5S/c16-10-13(5-1-2-6-13)11(17)15(12(18)14-10)9-4-3-7-21(19,20)8-9/h9H,1-8H2,(H,14,16,18). The fraction of sp³-hybridized carbons (Fsp3) is 0.769. The summed E-state index contributed by atoms with van der Waals surface area (Å²) in [7, 11) is -3.24. The molecule has 1 atom stereocenters. The maximum absolute atomic E-state index is 12.7.